The van der Waals surface area contributed by atoms with Crippen molar-refractivity contribution in [3.8, 4) is 40.0 Å². The standard InChI is InChI=1S/C31H35ClN4O3/c32-21-11-5-3-1-2-4-6-12-22-33-31(39)23-17-19-24(20-18-23)36-30(26-14-8-10-16-28(26)38)34-29(35-36)25-13-7-9-15-27(25)37/h7-10,13-20,37-38H,1-6,11-12,21-22H2,(H,33,39). The van der Waals surface area contributed by atoms with Crippen molar-refractivity contribution in [2.45, 2.75) is 51.4 Å². The van der Waals surface area contributed by atoms with Crippen LogP contribution < -0.4 is 5.32 Å². The van der Waals surface area contributed by atoms with Crippen LogP contribution in [0, 0.1) is 0 Å². The third-order valence-electron chi connectivity index (χ3n) is 6.62. The number of benzene rings is 3. The summed E-state index contributed by atoms with van der Waals surface area (Å²) >= 11 is 5.71. The lowest BCUT2D eigenvalue weighted by Crippen LogP contribution is -2.24. The molecule has 0 radical (unpaired) electrons. The molecule has 1 heterocycles. The molecule has 7 nitrogen and oxygen atoms in total. The van der Waals surface area contributed by atoms with Crippen molar-refractivity contribution in [2.24, 2.45) is 0 Å². The number of phenols is 2. The summed E-state index contributed by atoms with van der Waals surface area (Å²) in [5.74, 6) is 1.51. The molecule has 0 aliphatic heterocycles. The van der Waals surface area contributed by atoms with Crippen LogP contribution in [0.15, 0.2) is 72.8 Å². The molecule has 0 aliphatic carbocycles. The van der Waals surface area contributed by atoms with E-state index in [1.54, 1.807) is 71.4 Å². The van der Waals surface area contributed by atoms with Gasteiger partial charge in [-0.1, -0.05) is 62.8 Å². The Morgan fingerprint density at radius 2 is 1.31 bits per heavy atom. The first-order chi connectivity index (χ1) is 19.1. The quantitative estimate of drug-likeness (QED) is 0.116. The van der Waals surface area contributed by atoms with Crippen LogP contribution in [0.1, 0.15) is 61.7 Å². The lowest BCUT2D eigenvalue weighted by Gasteiger charge is -2.09. The summed E-state index contributed by atoms with van der Waals surface area (Å²) in [4.78, 5) is 17.3. The van der Waals surface area contributed by atoms with E-state index < -0.39 is 0 Å². The summed E-state index contributed by atoms with van der Waals surface area (Å²) in [5.41, 5.74) is 2.22. The molecule has 4 rings (SSSR count). The van der Waals surface area contributed by atoms with Crippen LogP contribution in [0.4, 0.5) is 0 Å². The zero-order valence-electron chi connectivity index (χ0n) is 22.0. The Morgan fingerprint density at radius 3 is 1.92 bits per heavy atom. The number of halogens is 1. The van der Waals surface area contributed by atoms with Gasteiger partial charge < -0.3 is 15.5 Å². The predicted octanol–water partition coefficient (Wildman–Crippen LogP) is 7.10. The van der Waals surface area contributed by atoms with Crippen LogP contribution in [0.25, 0.3) is 28.5 Å². The Bertz CT molecular complexity index is 1350. The Labute approximate surface area is 234 Å². The van der Waals surface area contributed by atoms with Crippen molar-refractivity contribution in [1.82, 2.24) is 20.1 Å². The van der Waals surface area contributed by atoms with Crippen LogP contribution >= 0.6 is 11.6 Å². The first kappa shape index (κ1) is 28.2. The molecule has 0 spiro atoms. The molecule has 39 heavy (non-hydrogen) atoms. The second kappa shape index (κ2) is 14.4. The van der Waals surface area contributed by atoms with Crippen molar-refractivity contribution in [2.75, 3.05) is 12.4 Å². The van der Waals surface area contributed by atoms with E-state index in [9.17, 15) is 15.0 Å². The number of carbonyl (C=O) groups is 1. The van der Waals surface area contributed by atoms with Gasteiger partial charge in [0, 0.05) is 18.0 Å². The SMILES string of the molecule is O=C(NCCCCCCCCCCCl)c1ccc(-n2nc(-c3ccccc3O)nc2-c2ccccc2O)cc1. The fraction of sp³-hybridized carbons (Fsp3) is 0.323. The van der Waals surface area contributed by atoms with Crippen molar-refractivity contribution in [1.29, 1.82) is 0 Å². The van der Waals surface area contributed by atoms with Gasteiger partial charge in [-0.25, -0.2) is 9.67 Å². The van der Waals surface area contributed by atoms with E-state index in [-0.39, 0.29) is 17.4 Å². The highest BCUT2D eigenvalue weighted by molar-refractivity contribution is 6.17. The molecule has 0 saturated carbocycles. The summed E-state index contributed by atoms with van der Waals surface area (Å²) in [6.45, 7) is 0.650. The first-order valence-corrected chi connectivity index (χ1v) is 14.1. The smallest absolute Gasteiger partial charge is 0.251 e. The van der Waals surface area contributed by atoms with Crippen molar-refractivity contribution < 1.29 is 15.0 Å². The van der Waals surface area contributed by atoms with Gasteiger partial charge in [-0.15, -0.1) is 16.7 Å². The van der Waals surface area contributed by atoms with Gasteiger partial charge in [-0.3, -0.25) is 4.79 Å². The second-order valence-corrected chi connectivity index (χ2v) is 9.90. The third-order valence-corrected chi connectivity index (χ3v) is 6.88. The maximum atomic E-state index is 12.7. The second-order valence-electron chi connectivity index (χ2n) is 9.53. The molecule has 8 heteroatoms. The number of unbranched alkanes of at least 4 members (excludes halogenated alkanes) is 7. The van der Waals surface area contributed by atoms with Gasteiger partial charge in [-0.05, 0) is 61.4 Å². The summed E-state index contributed by atoms with van der Waals surface area (Å²) in [6.07, 6.45) is 9.30. The predicted molar refractivity (Wildman–Crippen MR) is 156 cm³/mol. The highest BCUT2D eigenvalue weighted by atomic mass is 35.5. The molecule has 0 unspecified atom stereocenters. The van der Waals surface area contributed by atoms with Crippen LogP contribution in [0.3, 0.4) is 0 Å². The number of hydrogen-bond donors (Lipinski definition) is 3. The van der Waals surface area contributed by atoms with Crippen molar-refractivity contribution >= 4 is 17.5 Å². The van der Waals surface area contributed by atoms with Gasteiger partial charge in [0.15, 0.2) is 11.6 Å². The molecular weight excluding hydrogens is 512 g/mol. The number of phenolic OH excluding ortho intramolecular Hbond substituents is 2. The number of carbonyl (C=O) groups excluding carboxylic acids is 1. The molecule has 0 fully saturated rings. The van der Waals surface area contributed by atoms with Gasteiger partial charge in [0.1, 0.15) is 11.5 Å². The van der Waals surface area contributed by atoms with Crippen molar-refractivity contribution in [3.63, 3.8) is 0 Å². The summed E-state index contributed by atoms with van der Waals surface area (Å²) in [7, 11) is 0. The summed E-state index contributed by atoms with van der Waals surface area (Å²) in [5, 5.41) is 28.5. The van der Waals surface area contributed by atoms with E-state index in [2.05, 4.69) is 15.4 Å². The summed E-state index contributed by atoms with van der Waals surface area (Å²) in [6, 6.07) is 20.8. The molecular formula is C31H35ClN4O3. The van der Waals surface area contributed by atoms with E-state index in [0.29, 0.717) is 40.6 Å². The van der Waals surface area contributed by atoms with E-state index in [1.165, 1.54) is 32.1 Å². The molecule has 3 N–H and O–H groups in total. The molecule has 0 aliphatic rings. The lowest BCUT2D eigenvalue weighted by atomic mass is 10.1. The minimum atomic E-state index is -0.114. The number of aromatic nitrogens is 3. The zero-order valence-corrected chi connectivity index (χ0v) is 22.8. The number of nitrogens with one attached hydrogen (secondary N) is 1. The van der Waals surface area contributed by atoms with E-state index >= 15 is 0 Å². The Morgan fingerprint density at radius 1 is 0.744 bits per heavy atom. The molecule has 0 atom stereocenters. The number of hydrogen-bond acceptors (Lipinski definition) is 5. The molecule has 0 bridgehead atoms. The minimum absolute atomic E-state index is 0.0627. The monoisotopic (exact) mass is 546 g/mol. The number of aromatic hydroxyl groups is 2. The molecule has 1 amide bonds. The average molecular weight is 547 g/mol. The Kier molecular flexibility index (Phi) is 10.4. The van der Waals surface area contributed by atoms with Crippen LogP contribution in [0.5, 0.6) is 11.5 Å². The number of rotatable bonds is 14. The molecule has 3 aromatic carbocycles. The Balaban J connectivity index is 1.41. The van der Waals surface area contributed by atoms with Crippen LogP contribution in [0.2, 0.25) is 0 Å². The summed E-state index contributed by atoms with van der Waals surface area (Å²) < 4.78 is 1.61. The molecule has 1 aromatic heterocycles. The third kappa shape index (κ3) is 7.60. The normalized spacial score (nSPS) is 11.0. The maximum Gasteiger partial charge on any atom is 0.251 e. The molecule has 204 valence electrons. The zero-order chi connectivity index (χ0) is 27.5. The van der Waals surface area contributed by atoms with Gasteiger partial charge in [0.25, 0.3) is 5.91 Å². The molecule has 0 saturated heterocycles. The van der Waals surface area contributed by atoms with E-state index in [0.717, 1.165) is 25.1 Å². The van der Waals surface area contributed by atoms with Gasteiger partial charge >= 0.3 is 0 Å². The number of amides is 1. The maximum absolute atomic E-state index is 12.7. The number of alkyl halides is 1. The van der Waals surface area contributed by atoms with E-state index in [4.69, 9.17) is 11.6 Å². The van der Waals surface area contributed by atoms with Crippen molar-refractivity contribution in [3.05, 3.63) is 78.4 Å². The fourth-order valence-corrected chi connectivity index (χ4v) is 4.63. The first-order valence-electron chi connectivity index (χ1n) is 13.6. The topological polar surface area (TPSA) is 100 Å². The van der Waals surface area contributed by atoms with Crippen LogP contribution in [-0.4, -0.2) is 43.3 Å². The lowest BCUT2D eigenvalue weighted by molar-refractivity contribution is 0.0953. The number of nitrogens with zero attached hydrogens (tertiary/aromatic N) is 3. The average Bonchev–Trinajstić information content (AvgIpc) is 3.39. The highest BCUT2D eigenvalue weighted by Gasteiger charge is 2.19. The highest BCUT2D eigenvalue weighted by Crippen LogP contribution is 2.33. The fourth-order valence-electron chi connectivity index (χ4n) is 4.44. The van der Waals surface area contributed by atoms with Gasteiger partial charge in [-0.2, -0.15) is 0 Å². The largest absolute Gasteiger partial charge is 0.507 e. The van der Waals surface area contributed by atoms with E-state index in [1.807, 2.05) is 6.07 Å². The van der Waals surface area contributed by atoms with Gasteiger partial charge in [0.2, 0.25) is 0 Å². The number of para-hydroxylation sites is 2. The Hall–Kier alpha value is -3.84. The van der Waals surface area contributed by atoms with Gasteiger partial charge in [0.05, 0.1) is 16.8 Å². The molecule has 4 aromatic rings. The minimum Gasteiger partial charge on any atom is -0.507 e. The van der Waals surface area contributed by atoms with Crippen LogP contribution in [-0.2, 0) is 0 Å².